The molecule has 1 heterocycles. The Bertz CT molecular complexity index is 273. The highest BCUT2D eigenvalue weighted by Crippen LogP contribution is 2.31. The predicted molar refractivity (Wildman–Crippen MR) is 47.7 cm³/mol. The normalized spacial score (nSPS) is 20.5. The van der Waals surface area contributed by atoms with Crippen LogP contribution in [0.25, 0.3) is 0 Å². The van der Waals surface area contributed by atoms with E-state index in [1.54, 1.807) is 0 Å². The predicted octanol–water partition coefficient (Wildman–Crippen LogP) is 0.844. The van der Waals surface area contributed by atoms with Crippen molar-refractivity contribution < 1.29 is 0 Å². The summed E-state index contributed by atoms with van der Waals surface area (Å²) in [4.78, 5) is 0. The molecular formula is C9H15N3. The lowest BCUT2D eigenvalue weighted by molar-refractivity contribution is 0.245. The van der Waals surface area contributed by atoms with Gasteiger partial charge in [0.25, 0.3) is 0 Å². The maximum atomic E-state index is 6.09. The zero-order valence-corrected chi connectivity index (χ0v) is 7.45. The fourth-order valence-electron chi connectivity index (χ4n) is 1.73. The summed E-state index contributed by atoms with van der Waals surface area (Å²) in [6.45, 7) is 0. The number of hydrogen-bond acceptors (Lipinski definition) is 2. The Kier molecular flexibility index (Phi) is 1.68. The van der Waals surface area contributed by atoms with Crippen LogP contribution in [0, 0.1) is 0 Å². The molecule has 0 unspecified atom stereocenters. The van der Waals surface area contributed by atoms with Gasteiger partial charge in [0.15, 0.2) is 0 Å². The number of nitrogens with two attached hydrogens (primary N) is 1. The van der Waals surface area contributed by atoms with Crippen molar-refractivity contribution in [3.05, 3.63) is 18.0 Å². The minimum Gasteiger partial charge on any atom is -0.325 e. The Morgan fingerprint density at radius 2 is 2.42 bits per heavy atom. The molecule has 0 saturated heterocycles. The van der Waals surface area contributed by atoms with E-state index in [-0.39, 0.29) is 5.54 Å². The van der Waals surface area contributed by atoms with Gasteiger partial charge in [-0.15, -0.1) is 0 Å². The first kappa shape index (κ1) is 7.80. The van der Waals surface area contributed by atoms with Gasteiger partial charge in [-0.1, -0.05) is 0 Å². The van der Waals surface area contributed by atoms with Crippen LogP contribution in [0.2, 0.25) is 0 Å². The van der Waals surface area contributed by atoms with Crippen LogP contribution in [0.4, 0.5) is 0 Å². The Balaban J connectivity index is 2.03. The van der Waals surface area contributed by atoms with Gasteiger partial charge in [-0.05, 0) is 25.3 Å². The minimum absolute atomic E-state index is 0.0638. The van der Waals surface area contributed by atoms with Gasteiger partial charge in [0.2, 0.25) is 0 Å². The second-order valence-electron chi connectivity index (χ2n) is 3.87. The molecule has 1 aliphatic carbocycles. The molecule has 3 heteroatoms. The highest BCUT2D eigenvalue weighted by Gasteiger charge is 2.32. The van der Waals surface area contributed by atoms with Gasteiger partial charge in [0.1, 0.15) is 0 Å². The van der Waals surface area contributed by atoms with Crippen LogP contribution >= 0.6 is 0 Å². The molecule has 0 bridgehead atoms. The van der Waals surface area contributed by atoms with Crippen molar-refractivity contribution in [2.24, 2.45) is 12.8 Å². The second kappa shape index (κ2) is 2.59. The van der Waals surface area contributed by atoms with Gasteiger partial charge in [-0.25, -0.2) is 0 Å². The van der Waals surface area contributed by atoms with Gasteiger partial charge in [-0.3, -0.25) is 4.68 Å². The van der Waals surface area contributed by atoms with E-state index in [2.05, 4.69) is 5.10 Å². The van der Waals surface area contributed by atoms with E-state index >= 15 is 0 Å². The lowest BCUT2D eigenvalue weighted by Gasteiger charge is -2.37. The monoisotopic (exact) mass is 165 g/mol. The van der Waals surface area contributed by atoms with E-state index in [0.29, 0.717) is 0 Å². The van der Waals surface area contributed by atoms with Crippen molar-refractivity contribution in [2.45, 2.75) is 31.2 Å². The van der Waals surface area contributed by atoms with Gasteiger partial charge < -0.3 is 5.73 Å². The average Bonchev–Trinajstić information content (AvgIpc) is 2.32. The summed E-state index contributed by atoms with van der Waals surface area (Å²) in [6, 6.07) is 2.05. The van der Waals surface area contributed by atoms with Gasteiger partial charge in [-0.2, -0.15) is 5.10 Å². The van der Waals surface area contributed by atoms with E-state index in [1.165, 1.54) is 6.42 Å². The number of nitrogens with zero attached hydrogens (tertiary/aromatic N) is 2. The van der Waals surface area contributed by atoms with Gasteiger partial charge in [0.05, 0.1) is 5.69 Å². The number of aromatic nitrogens is 2. The highest BCUT2D eigenvalue weighted by atomic mass is 15.2. The molecule has 2 rings (SSSR count). The first-order valence-corrected chi connectivity index (χ1v) is 4.45. The Hall–Kier alpha value is -0.830. The second-order valence-corrected chi connectivity index (χ2v) is 3.87. The van der Waals surface area contributed by atoms with E-state index < -0.39 is 0 Å². The van der Waals surface area contributed by atoms with E-state index in [9.17, 15) is 0 Å². The first-order valence-electron chi connectivity index (χ1n) is 4.45. The van der Waals surface area contributed by atoms with E-state index in [4.69, 9.17) is 5.73 Å². The van der Waals surface area contributed by atoms with Crippen LogP contribution in [-0.2, 0) is 13.5 Å². The molecule has 1 saturated carbocycles. The zero-order chi connectivity index (χ0) is 8.60. The summed E-state index contributed by atoms with van der Waals surface area (Å²) in [5.41, 5.74) is 7.28. The largest absolute Gasteiger partial charge is 0.325 e. The lowest BCUT2D eigenvalue weighted by atomic mass is 9.75. The molecular weight excluding hydrogens is 150 g/mol. The molecule has 0 aromatic carbocycles. The van der Waals surface area contributed by atoms with Crippen LogP contribution < -0.4 is 5.73 Å². The third-order valence-electron chi connectivity index (χ3n) is 2.65. The number of rotatable bonds is 2. The molecule has 1 aromatic rings. The molecule has 1 aliphatic rings. The molecule has 0 amide bonds. The summed E-state index contributed by atoms with van der Waals surface area (Å²) in [5, 5.41) is 4.31. The minimum atomic E-state index is 0.0638. The van der Waals surface area contributed by atoms with Crippen molar-refractivity contribution in [1.29, 1.82) is 0 Å². The molecule has 1 aromatic heterocycles. The molecule has 3 nitrogen and oxygen atoms in total. The topological polar surface area (TPSA) is 43.8 Å². The number of hydrogen-bond donors (Lipinski definition) is 1. The zero-order valence-electron chi connectivity index (χ0n) is 7.45. The molecule has 1 fully saturated rings. The van der Waals surface area contributed by atoms with E-state index in [0.717, 1.165) is 25.0 Å². The molecule has 0 aliphatic heterocycles. The Morgan fingerprint density at radius 1 is 1.67 bits per heavy atom. The summed E-state index contributed by atoms with van der Waals surface area (Å²) < 4.78 is 1.83. The molecule has 2 N–H and O–H groups in total. The van der Waals surface area contributed by atoms with Crippen molar-refractivity contribution in [1.82, 2.24) is 9.78 Å². The molecule has 0 atom stereocenters. The van der Waals surface area contributed by atoms with Crippen molar-refractivity contribution in [3.8, 4) is 0 Å². The average molecular weight is 165 g/mol. The molecule has 0 spiro atoms. The van der Waals surface area contributed by atoms with Crippen LogP contribution in [0.15, 0.2) is 12.3 Å². The summed E-state index contributed by atoms with van der Waals surface area (Å²) >= 11 is 0. The Morgan fingerprint density at radius 3 is 2.83 bits per heavy atom. The smallest absolute Gasteiger partial charge is 0.0642 e. The first-order chi connectivity index (χ1) is 5.68. The van der Waals surface area contributed by atoms with Crippen LogP contribution in [0.1, 0.15) is 25.0 Å². The van der Waals surface area contributed by atoms with Crippen LogP contribution in [0.5, 0.6) is 0 Å². The molecule has 66 valence electrons. The lowest BCUT2D eigenvalue weighted by Crippen LogP contribution is -2.48. The SMILES string of the molecule is Cn1ccc(CC2(N)CCC2)n1. The maximum absolute atomic E-state index is 6.09. The fraction of sp³-hybridized carbons (Fsp3) is 0.667. The fourth-order valence-corrected chi connectivity index (χ4v) is 1.73. The summed E-state index contributed by atoms with van der Waals surface area (Å²) in [6.07, 6.45) is 6.50. The third-order valence-corrected chi connectivity index (χ3v) is 2.65. The quantitative estimate of drug-likeness (QED) is 0.706. The summed E-state index contributed by atoms with van der Waals surface area (Å²) in [7, 11) is 1.94. The third kappa shape index (κ3) is 1.37. The maximum Gasteiger partial charge on any atom is 0.0642 e. The van der Waals surface area contributed by atoms with Gasteiger partial charge >= 0.3 is 0 Å². The number of aryl methyl sites for hydroxylation is 1. The standard InChI is InChI=1S/C9H15N3/c1-12-6-3-8(11-12)7-9(10)4-2-5-9/h3,6H,2,4-5,7,10H2,1H3. The van der Waals surface area contributed by atoms with Crippen molar-refractivity contribution in [2.75, 3.05) is 0 Å². The van der Waals surface area contributed by atoms with Crippen molar-refractivity contribution in [3.63, 3.8) is 0 Å². The van der Waals surface area contributed by atoms with Gasteiger partial charge in [0, 0.05) is 25.2 Å². The van der Waals surface area contributed by atoms with Crippen LogP contribution in [0.3, 0.4) is 0 Å². The highest BCUT2D eigenvalue weighted by molar-refractivity contribution is 5.08. The molecule has 0 radical (unpaired) electrons. The van der Waals surface area contributed by atoms with E-state index in [1.807, 2.05) is 24.0 Å². The van der Waals surface area contributed by atoms with Crippen molar-refractivity contribution >= 4 is 0 Å². The Labute approximate surface area is 72.6 Å². The summed E-state index contributed by atoms with van der Waals surface area (Å²) in [5.74, 6) is 0. The van der Waals surface area contributed by atoms with Crippen LogP contribution in [-0.4, -0.2) is 15.3 Å². The molecule has 12 heavy (non-hydrogen) atoms.